The molecule has 3 rings (SSSR count). The number of nitrogens with zero attached hydrogens (tertiary/aromatic N) is 2. The number of aromatic nitrogens is 2. The fourth-order valence-electron chi connectivity index (χ4n) is 2.28. The minimum atomic E-state index is -0.439. The van der Waals surface area contributed by atoms with Gasteiger partial charge in [0.1, 0.15) is 11.5 Å². The first-order valence-electron chi connectivity index (χ1n) is 8.18. The molecule has 0 aliphatic carbocycles. The van der Waals surface area contributed by atoms with E-state index in [4.69, 9.17) is 13.9 Å². The molecule has 27 heavy (non-hydrogen) atoms. The van der Waals surface area contributed by atoms with Crippen LogP contribution in [-0.4, -0.2) is 35.6 Å². The number of amides is 1. The van der Waals surface area contributed by atoms with Gasteiger partial charge in [0.05, 0.1) is 19.5 Å². The van der Waals surface area contributed by atoms with E-state index in [0.29, 0.717) is 28.3 Å². The van der Waals surface area contributed by atoms with Gasteiger partial charge in [0.2, 0.25) is 11.8 Å². The Labute approximate surface area is 161 Å². The van der Waals surface area contributed by atoms with Gasteiger partial charge in [0, 0.05) is 29.4 Å². The van der Waals surface area contributed by atoms with E-state index in [1.54, 1.807) is 39.3 Å². The summed E-state index contributed by atoms with van der Waals surface area (Å²) in [6, 6.07) is 14.6. The van der Waals surface area contributed by atoms with Gasteiger partial charge in [-0.25, -0.2) is 0 Å². The van der Waals surface area contributed by atoms with Crippen molar-refractivity contribution >= 4 is 23.4 Å². The Balaban J connectivity index is 1.65. The molecule has 0 bridgehead atoms. The van der Waals surface area contributed by atoms with Crippen LogP contribution in [0.4, 0.5) is 5.69 Å². The molecule has 1 N–H and O–H groups in total. The lowest BCUT2D eigenvalue weighted by molar-refractivity contribution is -0.115. The number of rotatable bonds is 7. The molecule has 1 unspecified atom stereocenters. The third kappa shape index (κ3) is 4.79. The highest BCUT2D eigenvalue weighted by Gasteiger charge is 2.19. The van der Waals surface area contributed by atoms with Crippen LogP contribution >= 0.6 is 11.8 Å². The Morgan fingerprint density at radius 3 is 2.37 bits per heavy atom. The van der Waals surface area contributed by atoms with Crippen molar-refractivity contribution in [3.05, 3.63) is 48.5 Å². The predicted octanol–water partition coefficient (Wildman–Crippen LogP) is 3.87. The highest BCUT2D eigenvalue weighted by Crippen LogP contribution is 2.29. The van der Waals surface area contributed by atoms with Crippen molar-refractivity contribution in [2.24, 2.45) is 0 Å². The van der Waals surface area contributed by atoms with Gasteiger partial charge in [-0.3, -0.25) is 4.79 Å². The largest absolute Gasteiger partial charge is 0.497 e. The Bertz CT molecular complexity index is 892. The van der Waals surface area contributed by atoms with Crippen molar-refractivity contribution in [3.8, 4) is 23.0 Å². The zero-order valence-electron chi connectivity index (χ0n) is 15.1. The van der Waals surface area contributed by atoms with Crippen LogP contribution in [0.1, 0.15) is 6.92 Å². The average molecular weight is 385 g/mol. The summed E-state index contributed by atoms with van der Waals surface area (Å²) in [5.41, 5.74) is 1.41. The highest BCUT2D eigenvalue weighted by atomic mass is 32.2. The molecule has 3 aromatic rings. The highest BCUT2D eigenvalue weighted by molar-refractivity contribution is 8.00. The SMILES string of the molecule is COc1cc(NC(=O)C(C)Sc2nnc(-c3ccccc3)o2)cc(OC)c1. The van der Waals surface area contributed by atoms with Crippen molar-refractivity contribution in [2.75, 3.05) is 19.5 Å². The molecule has 1 aromatic heterocycles. The molecular formula is C19H19N3O4S. The van der Waals surface area contributed by atoms with Gasteiger partial charge in [-0.1, -0.05) is 30.0 Å². The first kappa shape index (κ1) is 18.8. The minimum Gasteiger partial charge on any atom is -0.497 e. The van der Waals surface area contributed by atoms with E-state index >= 15 is 0 Å². The number of ether oxygens (including phenoxy) is 2. The van der Waals surface area contributed by atoms with Crippen LogP contribution in [0.25, 0.3) is 11.5 Å². The summed E-state index contributed by atoms with van der Waals surface area (Å²) in [6.07, 6.45) is 0. The van der Waals surface area contributed by atoms with Gasteiger partial charge in [-0.05, 0) is 19.1 Å². The Kier molecular flexibility index (Phi) is 5.97. The van der Waals surface area contributed by atoms with Crippen LogP contribution < -0.4 is 14.8 Å². The smallest absolute Gasteiger partial charge is 0.277 e. The number of carbonyl (C=O) groups excluding carboxylic acids is 1. The summed E-state index contributed by atoms with van der Waals surface area (Å²) >= 11 is 1.19. The molecule has 0 radical (unpaired) electrons. The summed E-state index contributed by atoms with van der Waals surface area (Å²) < 4.78 is 16.1. The second kappa shape index (κ2) is 8.59. The molecule has 140 valence electrons. The molecule has 1 heterocycles. The van der Waals surface area contributed by atoms with E-state index in [1.807, 2.05) is 30.3 Å². The van der Waals surface area contributed by atoms with Crippen molar-refractivity contribution in [1.29, 1.82) is 0 Å². The minimum absolute atomic E-state index is 0.199. The van der Waals surface area contributed by atoms with Gasteiger partial charge in [0.15, 0.2) is 0 Å². The molecule has 0 aliphatic rings. The molecule has 0 spiro atoms. The lowest BCUT2D eigenvalue weighted by Crippen LogP contribution is -2.22. The van der Waals surface area contributed by atoms with E-state index in [2.05, 4.69) is 15.5 Å². The van der Waals surface area contributed by atoms with Crippen LogP contribution in [0.2, 0.25) is 0 Å². The van der Waals surface area contributed by atoms with E-state index in [1.165, 1.54) is 11.8 Å². The molecule has 0 aliphatic heterocycles. The van der Waals surface area contributed by atoms with Crippen molar-refractivity contribution in [3.63, 3.8) is 0 Å². The van der Waals surface area contributed by atoms with Gasteiger partial charge >= 0.3 is 0 Å². The lowest BCUT2D eigenvalue weighted by atomic mass is 10.2. The molecule has 0 saturated carbocycles. The zero-order valence-corrected chi connectivity index (χ0v) is 15.9. The molecule has 0 fully saturated rings. The second-order valence-corrected chi connectivity index (χ2v) is 6.88. The summed E-state index contributed by atoms with van der Waals surface area (Å²) in [5, 5.41) is 10.8. The zero-order chi connectivity index (χ0) is 19.2. The molecule has 8 heteroatoms. The normalized spacial score (nSPS) is 11.7. The van der Waals surface area contributed by atoms with E-state index in [0.717, 1.165) is 5.56 Å². The van der Waals surface area contributed by atoms with E-state index in [-0.39, 0.29) is 5.91 Å². The maximum absolute atomic E-state index is 12.5. The van der Waals surface area contributed by atoms with Gasteiger partial charge in [-0.15, -0.1) is 10.2 Å². The van der Waals surface area contributed by atoms with Gasteiger partial charge in [-0.2, -0.15) is 0 Å². The first-order valence-corrected chi connectivity index (χ1v) is 9.06. The van der Waals surface area contributed by atoms with E-state index < -0.39 is 5.25 Å². The van der Waals surface area contributed by atoms with E-state index in [9.17, 15) is 4.79 Å². The third-order valence-corrected chi connectivity index (χ3v) is 4.63. The number of methoxy groups -OCH3 is 2. The predicted molar refractivity (Wildman–Crippen MR) is 103 cm³/mol. The lowest BCUT2D eigenvalue weighted by Gasteiger charge is -2.12. The second-order valence-electron chi connectivity index (χ2n) is 5.59. The topological polar surface area (TPSA) is 86.5 Å². The van der Waals surface area contributed by atoms with Gasteiger partial charge < -0.3 is 19.2 Å². The van der Waals surface area contributed by atoms with Crippen LogP contribution in [0.3, 0.4) is 0 Å². The number of thioether (sulfide) groups is 1. The quantitative estimate of drug-likeness (QED) is 0.618. The summed E-state index contributed by atoms with van der Waals surface area (Å²) in [7, 11) is 3.11. The van der Waals surface area contributed by atoms with Crippen LogP contribution in [0, 0.1) is 0 Å². The molecular weight excluding hydrogens is 366 g/mol. The summed E-state index contributed by atoms with van der Waals surface area (Å²) in [4.78, 5) is 12.5. The Morgan fingerprint density at radius 1 is 1.07 bits per heavy atom. The van der Waals surface area contributed by atoms with Crippen molar-refractivity contribution < 1.29 is 18.7 Å². The third-order valence-electron chi connectivity index (χ3n) is 3.69. The monoisotopic (exact) mass is 385 g/mol. The molecule has 1 amide bonds. The Morgan fingerprint density at radius 2 is 1.74 bits per heavy atom. The first-order chi connectivity index (χ1) is 13.1. The fourth-order valence-corrected chi connectivity index (χ4v) is 2.97. The number of benzene rings is 2. The maximum Gasteiger partial charge on any atom is 0.277 e. The van der Waals surface area contributed by atoms with Crippen LogP contribution in [0.15, 0.2) is 58.2 Å². The number of carbonyl (C=O) groups is 1. The fraction of sp³-hybridized carbons (Fsp3) is 0.211. The summed E-state index contributed by atoms with van der Waals surface area (Å²) in [5.74, 6) is 1.40. The number of hydrogen-bond acceptors (Lipinski definition) is 7. The number of hydrogen-bond donors (Lipinski definition) is 1. The van der Waals surface area contributed by atoms with Gasteiger partial charge in [0.25, 0.3) is 5.22 Å². The van der Waals surface area contributed by atoms with Crippen molar-refractivity contribution in [2.45, 2.75) is 17.4 Å². The number of nitrogens with one attached hydrogen (secondary N) is 1. The molecule has 7 nitrogen and oxygen atoms in total. The van der Waals surface area contributed by atoms with Crippen molar-refractivity contribution in [1.82, 2.24) is 10.2 Å². The Hall–Kier alpha value is -3.00. The standard InChI is InChI=1S/C19H19N3O4S/c1-12(17(23)20-14-9-15(24-2)11-16(10-14)25-3)27-19-22-21-18(26-19)13-7-5-4-6-8-13/h4-12H,1-3H3,(H,20,23). The molecule has 2 aromatic carbocycles. The maximum atomic E-state index is 12.5. The van der Waals surface area contributed by atoms with Crippen LogP contribution in [-0.2, 0) is 4.79 Å². The average Bonchev–Trinajstić information content (AvgIpc) is 3.16. The summed E-state index contributed by atoms with van der Waals surface area (Å²) in [6.45, 7) is 1.77. The number of anilines is 1. The van der Waals surface area contributed by atoms with Crippen LogP contribution in [0.5, 0.6) is 11.5 Å². The molecule has 1 atom stereocenters. The molecule has 0 saturated heterocycles.